The first kappa shape index (κ1) is 19.5. The fourth-order valence-electron chi connectivity index (χ4n) is 3.71. The Labute approximate surface area is 173 Å². The second kappa shape index (κ2) is 7.19. The van der Waals surface area contributed by atoms with Gasteiger partial charge in [0.2, 0.25) is 5.78 Å². The number of halogens is 1. The minimum absolute atomic E-state index is 0.246. The molecule has 4 rings (SSSR count). The van der Waals surface area contributed by atoms with Crippen molar-refractivity contribution in [3.63, 3.8) is 0 Å². The smallest absolute Gasteiger partial charge is 0.317 e. The van der Waals surface area contributed by atoms with Crippen LogP contribution in [-0.2, 0) is 14.9 Å². The maximum atomic E-state index is 12.7. The Balaban J connectivity index is 1.48. The van der Waals surface area contributed by atoms with Gasteiger partial charge in [0, 0.05) is 28.0 Å². The van der Waals surface area contributed by atoms with Crippen LogP contribution in [0, 0.1) is 20.8 Å². The van der Waals surface area contributed by atoms with E-state index in [9.17, 15) is 9.59 Å². The number of hydrogen-bond acceptors (Lipinski definition) is 5. The van der Waals surface area contributed by atoms with Crippen molar-refractivity contribution in [3.8, 4) is 5.82 Å². The van der Waals surface area contributed by atoms with E-state index in [1.165, 1.54) is 0 Å². The van der Waals surface area contributed by atoms with Gasteiger partial charge in [0.25, 0.3) is 0 Å². The van der Waals surface area contributed by atoms with Crippen molar-refractivity contribution in [1.29, 1.82) is 0 Å². The van der Waals surface area contributed by atoms with E-state index < -0.39 is 5.41 Å². The third kappa shape index (κ3) is 3.49. The molecule has 0 bridgehead atoms. The van der Waals surface area contributed by atoms with Gasteiger partial charge in [-0.15, -0.1) is 0 Å². The summed E-state index contributed by atoms with van der Waals surface area (Å²) in [4.78, 5) is 25.4. The van der Waals surface area contributed by atoms with Gasteiger partial charge < -0.3 is 9.26 Å². The summed E-state index contributed by atoms with van der Waals surface area (Å²) in [5.74, 6) is 0.693. The van der Waals surface area contributed by atoms with E-state index in [-0.39, 0.29) is 18.4 Å². The van der Waals surface area contributed by atoms with Crippen molar-refractivity contribution in [2.75, 3.05) is 6.61 Å². The number of ketones is 1. The molecule has 2 aromatic heterocycles. The number of aryl methyl sites for hydroxylation is 2. The molecule has 0 amide bonds. The lowest BCUT2D eigenvalue weighted by Gasteiger charge is -2.14. The standard InChI is InChI=1S/C22H21ClN2O4/c1-13-10-18(15(3)25(13)20-11-14(2)29-24-20)19(26)12-28-21(27)22(8-9-22)16-4-6-17(23)7-5-16/h4-7,10-11H,8-9,12H2,1-3H3. The van der Waals surface area contributed by atoms with Gasteiger partial charge >= 0.3 is 5.97 Å². The number of esters is 1. The molecule has 0 unspecified atom stereocenters. The molecular formula is C22H21ClN2O4. The van der Waals surface area contributed by atoms with Crippen molar-refractivity contribution >= 4 is 23.4 Å². The molecule has 2 heterocycles. The summed E-state index contributed by atoms with van der Waals surface area (Å²) < 4.78 is 12.4. The second-order valence-corrected chi connectivity index (χ2v) is 7.94. The quantitative estimate of drug-likeness (QED) is 0.440. The van der Waals surface area contributed by atoms with E-state index in [0.29, 0.717) is 35.0 Å². The number of ether oxygens (including phenoxy) is 1. The first-order chi connectivity index (χ1) is 13.8. The number of aromatic nitrogens is 2. The Bertz CT molecular complexity index is 1090. The predicted octanol–water partition coefficient (Wildman–Crippen LogP) is 4.50. The van der Waals surface area contributed by atoms with Gasteiger partial charge in [-0.05, 0) is 57.4 Å². The van der Waals surface area contributed by atoms with E-state index in [0.717, 1.165) is 17.0 Å². The molecule has 1 fully saturated rings. The number of hydrogen-bond donors (Lipinski definition) is 0. The first-order valence-corrected chi connectivity index (χ1v) is 9.79. The zero-order valence-corrected chi connectivity index (χ0v) is 17.2. The van der Waals surface area contributed by atoms with E-state index in [1.807, 2.05) is 37.5 Å². The van der Waals surface area contributed by atoms with E-state index in [4.69, 9.17) is 20.9 Å². The summed E-state index contributed by atoms with van der Waals surface area (Å²) in [7, 11) is 0. The average molecular weight is 413 g/mol. The molecule has 0 aliphatic heterocycles. The summed E-state index contributed by atoms with van der Waals surface area (Å²) in [5.41, 5.74) is 2.31. The Hall–Kier alpha value is -2.86. The molecule has 0 spiro atoms. The van der Waals surface area contributed by atoms with Crippen LogP contribution in [-0.4, -0.2) is 28.1 Å². The number of benzene rings is 1. The molecule has 0 radical (unpaired) electrons. The van der Waals surface area contributed by atoms with Crippen LogP contribution in [0.15, 0.2) is 40.9 Å². The number of nitrogens with zero attached hydrogens (tertiary/aromatic N) is 2. The molecular weight excluding hydrogens is 392 g/mol. The molecule has 6 nitrogen and oxygen atoms in total. The lowest BCUT2D eigenvalue weighted by molar-refractivity contribution is -0.145. The third-order valence-corrected chi connectivity index (χ3v) is 5.70. The molecule has 0 saturated heterocycles. The van der Waals surface area contributed by atoms with Crippen LogP contribution in [0.2, 0.25) is 5.02 Å². The van der Waals surface area contributed by atoms with Crippen LogP contribution >= 0.6 is 11.6 Å². The molecule has 0 atom stereocenters. The lowest BCUT2D eigenvalue weighted by atomic mass is 9.96. The lowest BCUT2D eigenvalue weighted by Crippen LogP contribution is -2.26. The maximum absolute atomic E-state index is 12.7. The van der Waals surface area contributed by atoms with Gasteiger partial charge in [0.1, 0.15) is 5.76 Å². The second-order valence-electron chi connectivity index (χ2n) is 7.50. The van der Waals surface area contributed by atoms with Crippen LogP contribution in [0.3, 0.4) is 0 Å². The minimum atomic E-state index is -0.653. The average Bonchev–Trinajstić information content (AvgIpc) is 3.31. The molecule has 7 heteroatoms. The monoisotopic (exact) mass is 412 g/mol. The van der Waals surface area contributed by atoms with Gasteiger partial charge in [-0.3, -0.25) is 14.2 Å². The maximum Gasteiger partial charge on any atom is 0.317 e. The fraction of sp³-hybridized carbons (Fsp3) is 0.318. The Morgan fingerprint density at radius 2 is 1.86 bits per heavy atom. The highest BCUT2D eigenvalue weighted by Gasteiger charge is 2.52. The van der Waals surface area contributed by atoms with Crippen LogP contribution in [0.4, 0.5) is 0 Å². The highest BCUT2D eigenvalue weighted by Crippen LogP contribution is 2.49. The Morgan fingerprint density at radius 3 is 2.45 bits per heavy atom. The molecule has 0 N–H and O–H groups in total. The zero-order valence-electron chi connectivity index (χ0n) is 16.5. The van der Waals surface area contributed by atoms with Gasteiger partial charge in [-0.2, -0.15) is 0 Å². The van der Waals surface area contributed by atoms with Gasteiger partial charge in [-0.25, -0.2) is 0 Å². The van der Waals surface area contributed by atoms with Crippen molar-refractivity contribution in [2.45, 2.75) is 39.0 Å². The van der Waals surface area contributed by atoms with Crippen molar-refractivity contribution in [2.24, 2.45) is 0 Å². The van der Waals surface area contributed by atoms with Gasteiger partial charge in [-0.1, -0.05) is 28.9 Å². The summed E-state index contributed by atoms with van der Waals surface area (Å²) in [6, 6.07) is 10.8. The number of Topliss-reactive ketones (excluding diaryl/α,β-unsaturated/α-hetero) is 1. The van der Waals surface area contributed by atoms with Crippen molar-refractivity contribution in [3.05, 3.63) is 69.7 Å². The van der Waals surface area contributed by atoms with Crippen LogP contribution in [0.1, 0.15) is 45.9 Å². The number of carbonyl (C=O) groups excluding carboxylic acids is 2. The first-order valence-electron chi connectivity index (χ1n) is 9.41. The van der Waals surface area contributed by atoms with E-state index in [2.05, 4.69) is 5.16 Å². The highest BCUT2D eigenvalue weighted by atomic mass is 35.5. The fourth-order valence-corrected chi connectivity index (χ4v) is 3.83. The number of carbonyl (C=O) groups is 2. The molecule has 1 saturated carbocycles. The van der Waals surface area contributed by atoms with Gasteiger partial charge in [0.15, 0.2) is 12.4 Å². The zero-order chi connectivity index (χ0) is 20.8. The highest BCUT2D eigenvalue weighted by molar-refractivity contribution is 6.30. The molecule has 1 aliphatic carbocycles. The third-order valence-electron chi connectivity index (χ3n) is 5.45. The predicted molar refractivity (Wildman–Crippen MR) is 108 cm³/mol. The van der Waals surface area contributed by atoms with Crippen LogP contribution < -0.4 is 0 Å². The van der Waals surface area contributed by atoms with E-state index in [1.54, 1.807) is 24.3 Å². The van der Waals surface area contributed by atoms with Crippen molar-refractivity contribution < 1.29 is 18.8 Å². The summed E-state index contributed by atoms with van der Waals surface area (Å²) in [6.45, 7) is 5.24. The van der Waals surface area contributed by atoms with E-state index >= 15 is 0 Å². The summed E-state index contributed by atoms with van der Waals surface area (Å²) in [5, 5.41) is 4.63. The SMILES string of the molecule is Cc1cc(-n2c(C)cc(C(=O)COC(=O)C3(c4ccc(Cl)cc4)CC3)c2C)no1. The topological polar surface area (TPSA) is 74.3 Å². The summed E-state index contributed by atoms with van der Waals surface area (Å²) in [6.07, 6.45) is 1.42. The van der Waals surface area contributed by atoms with Crippen molar-refractivity contribution in [1.82, 2.24) is 9.72 Å². The largest absolute Gasteiger partial charge is 0.457 e. The molecule has 150 valence electrons. The van der Waals surface area contributed by atoms with Gasteiger partial charge in [0.05, 0.1) is 5.41 Å². The molecule has 1 aromatic carbocycles. The van der Waals surface area contributed by atoms with Crippen LogP contribution in [0.5, 0.6) is 0 Å². The Kier molecular flexibility index (Phi) is 4.82. The summed E-state index contributed by atoms with van der Waals surface area (Å²) >= 11 is 5.93. The molecule has 1 aliphatic rings. The molecule has 3 aromatic rings. The molecule has 29 heavy (non-hydrogen) atoms. The minimum Gasteiger partial charge on any atom is -0.457 e. The Morgan fingerprint density at radius 1 is 1.17 bits per heavy atom. The normalized spacial score (nSPS) is 14.6. The number of rotatable bonds is 6. The van der Waals surface area contributed by atoms with Crippen LogP contribution in [0.25, 0.3) is 5.82 Å².